The third-order valence-corrected chi connectivity index (χ3v) is 10.1. The first-order chi connectivity index (χ1) is 20.6. The molecule has 6 aromatic carbocycles. The number of imidazole rings is 1. The van der Waals surface area contributed by atoms with E-state index in [0.717, 1.165) is 5.52 Å². The topological polar surface area (TPSA) is 8.29 Å². The van der Waals surface area contributed by atoms with Gasteiger partial charge in [0.2, 0.25) is 0 Å². The summed E-state index contributed by atoms with van der Waals surface area (Å²) < 4.78 is 7.46. The Kier molecular flexibility index (Phi) is 4.94. The molecule has 0 amide bonds. The molecule has 0 unspecified atom stereocenters. The summed E-state index contributed by atoms with van der Waals surface area (Å²) in [6, 6.07) is 47.4. The van der Waals surface area contributed by atoms with Crippen molar-refractivity contribution in [3.63, 3.8) is 0 Å². The zero-order valence-corrected chi connectivity index (χ0v) is 24.2. The van der Waals surface area contributed by atoms with Gasteiger partial charge in [-0.1, -0.05) is 72.8 Å². The third-order valence-electron chi connectivity index (χ3n) is 8.92. The molecular weight excluding hydrogens is 529 g/mol. The summed E-state index contributed by atoms with van der Waals surface area (Å²) in [5.41, 5.74) is 6.04. The van der Waals surface area contributed by atoms with Crippen LogP contribution in [0.2, 0.25) is 0 Å². The fourth-order valence-corrected chi connectivity index (χ4v) is 8.05. The number of fused-ring (bicyclic) bond motifs is 15. The number of benzene rings is 6. The number of aromatic nitrogens is 2. The van der Waals surface area contributed by atoms with Crippen LogP contribution in [0, 0.1) is 6.92 Å². The van der Waals surface area contributed by atoms with Crippen molar-refractivity contribution in [3.05, 3.63) is 133 Å². The quantitative estimate of drug-likeness (QED) is 0.165. The van der Waals surface area contributed by atoms with Gasteiger partial charge in [-0.05, 0) is 99.4 Å². The van der Waals surface area contributed by atoms with Crippen molar-refractivity contribution in [2.75, 3.05) is 0 Å². The molecule has 9 aromatic rings. The Hall–Kier alpha value is -4.99. The van der Waals surface area contributed by atoms with Gasteiger partial charge in [-0.2, -0.15) is 4.40 Å². The summed E-state index contributed by atoms with van der Waals surface area (Å²) in [7, 11) is 2.20. The fraction of sp³-hybridized carbons (Fsp3) is 0.0513. The zero-order chi connectivity index (χ0) is 27.9. The van der Waals surface area contributed by atoms with E-state index in [1.54, 1.807) is 0 Å². The molecule has 0 atom stereocenters. The number of para-hydroxylation sites is 2. The van der Waals surface area contributed by atoms with Crippen LogP contribution in [-0.2, 0) is 7.05 Å². The van der Waals surface area contributed by atoms with E-state index in [0.29, 0.717) is 0 Å². The highest BCUT2D eigenvalue weighted by Crippen LogP contribution is 2.38. The molecule has 2 nitrogen and oxygen atoms in total. The van der Waals surface area contributed by atoms with Crippen LogP contribution in [0.4, 0.5) is 0 Å². The zero-order valence-electron chi connectivity index (χ0n) is 23.4. The molecule has 0 spiro atoms. The Balaban J connectivity index is 1.65. The van der Waals surface area contributed by atoms with Gasteiger partial charge >= 0.3 is 0 Å². The van der Waals surface area contributed by atoms with Gasteiger partial charge in [-0.25, -0.2) is 4.57 Å². The van der Waals surface area contributed by atoms with Gasteiger partial charge in [-0.15, -0.1) is 11.3 Å². The van der Waals surface area contributed by atoms with E-state index in [2.05, 4.69) is 150 Å². The molecule has 0 radical (unpaired) electrons. The first-order valence-electron chi connectivity index (χ1n) is 14.4. The third kappa shape index (κ3) is 3.35. The second-order valence-electron chi connectivity index (χ2n) is 11.4. The Bertz CT molecular complexity index is 2660. The van der Waals surface area contributed by atoms with Gasteiger partial charge in [0.15, 0.2) is 11.0 Å². The molecule has 0 fully saturated rings. The van der Waals surface area contributed by atoms with Gasteiger partial charge in [0, 0.05) is 20.2 Å². The number of rotatable bonds is 0. The van der Waals surface area contributed by atoms with E-state index < -0.39 is 0 Å². The monoisotopic (exact) mass is 555 g/mol. The molecule has 3 heterocycles. The van der Waals surface area contributed by atoms with Crippen molar-refractivity contribution in [2.24, 2.45) is 7.05 Å². The van der Waals surface area contributed by atoms with E-state index in [-0.39, 0.29) is 0 Å². The molecule has 42 heavy (non-hydrogen) atoms. The molecule has 0 saturated carbocycles. The summed E-state index contributed by atoms with van der Waals surface area (Å²) in [5.74, 6) is 0. The molecule has 3 aromatic heterocycles. The lowest BCUT2D eigenvalue weighted by Crippen LogP contribution is -2.27. The van der Waals surface area contributed by atoms with Gasteiger partial charge in [0.05, 0.1) is 12.4 Å². The Morgan fingerprint density at radius 2 is 1.21 bits per heavy atom. The normalized spacial score (nSPS) is 12.0. The summed E-state index contributed by atoms with van der Waals surface area (Å²) in [6.45, 7) is 2.25. The van der Waals surface area contributed by atoms with Gasteiger partial charge in [0.1, 0.15) is 5.52 Å². The lowest BCUT2D eigenvalue weighted by molar-refractivity contribution is -0.617. The summed E-state index contributed by atoms with van der Waals surface area (Å²) >= 11 is 1.89. The minimum atomic E-state index is 1.16. The maximum Gasteiger partial charge on any atom is 0.295 e. The van der Waals surface area contributed by atoms with Crippen LogP contribution in [-0.4, -0.2) is 4.40 Å². The smallest absolute Gasteiger partial charge is 0.225 e. The van der Waals surface area contributed by atoms with Crippen LogP contribution in [0.3, 0.4) is 0 Å². The predicted molar refractivity (Wildman–Crippen MR) is 181 cm³/mol. The van der Waals surface area contributed by atoms with Crippen molar-refractivity contribution >= 4 is 91.4 Å². The Morgan fingerprint density at radius 1 is 0.524 bits per heavy atom. The van der Waals surface area contributed by atoms with Gasteiger partial charge in [-0.3, -0.25) is 0 Å². The number of aryl methyl sites for hydroxylation is 2. The predicted octanol–water partition coefficient (Wildman–Crippen LogP) is 10.3. The van der Waals surface area contributed by atoms with Crippen LogP contribution in [0.1, 0.15) is 5.56 Å². The van der Waals surface area contributed by atoms with E-state index in [1.165, 1.54) is 80.1 Å². The van der Waals surface area contributed by atoms with Crippen molar-refractivity contribution in [2.45, 2.75) is 6.92 Å². The summed E-state index contributed by atoms with van der Waals surface area (Å²) in [4.78, 5) is 0. The minimum Gasteiger partial charge on any atom is -0.225 e. The van der Waals surface area contributed by atoms with Crippen molar-refractivity contribution in [3.8, 4) is 0 Å². The highest BCUT2D eigenvalue weighted by atomic mass is 32.1. The molecule has 3 heteroatoms. The molecule has 0 aliphatic heterocycles. The second kappa shape index (κ2) is 8.75. The van der Waals surface area contributed by atoms with Crippen molar-refractivity contribution < 1.29 is 4.57 Å². The molecular formula is C39H27N2S+. The van der Waals surface area contributed by atoms with Crippen LogP contribution >= 0.6 is 11.3 Å². The number of hydrogen-bond acceptors (Lipinski definition) is 1. The molecule has 0 N–H and O–H groups in total. The molecule has 9 rings (SSSR count). The summed E-state index contributed by atoms with van der Waals surface area (Å²) in [5, 5.41) is 11.3. The van der Waals surface area contributed by atoms with E-state index in [9.17, 15) is 0 Å². The molecule has 0 aliphatic rings. The highest BCUT2D eigenvalue weighted by molar-refractivity contribution is 7.25. The van der Waals surface area contributed by atoms with Crippen molar-refractivity contribution in [1.29, 1.82) is 0 Å². The standard InChI is InChI=1S/C39H27N2S/c1-24-19-38-34-23-32(24)39-40(2)35-15-5-6-16-36(35)41(39)29-12-8-11-28(21-29)31-14-4-3-13-30(31)27-10-7-9-25(20-27)26-17-18-37(42-38)33(34)22-26/h3-23H,1-2H3/q+1. The minimum absolute atomic E-state index is 1.16. The second-order valence-corrected chi connectivity index (χ2v) is 12.4. The van der Waals surface area contributed by atoms with Crippen molar-refractivity contribution in [1.82, 2.24) is 4.40 Å². The average molecular weight is 556 g/mol. The van der Waals surface area contributed by atoms with Crippen LogP contribution < -0.4 is 4.57 Å². The van der Waals surface area contributed by atoms with Gasteiger partial charge < -0.3 is 0 Å². The highest BCUT2D eigenvalue weighted by Gasteiger charge is 2.20. The lowest BCUT2D eigenvalue weighted by atomic mass is 10.0. The molecule has 0 saturated heterocycles. The lowest BCUT2D eigenvalue weighted by Gasteiger charge is -2.03. The number of nitrogens with zero attached hydrogens (tertiary/aromatic N) is 2. The SMILES string of the molecule is Cc1cc2sc3ccc4cc3c2cc1c1n(c2cccc(c2)c2ccccc2c2cccc4c2)c2ccccc2[n+]1C. The van der Waals surface area contributed by atoms with Gasteiger partial charge in [0.25, 0.3) is 5.65 Å². The molecule has 198 valence electrons. The van der Waals surface area contributed by atoms with E-state index in [4.69, 9.17) is 0 Å². The maximum atomic E-state index is 2.45. The van der Waals surface area contributed by atoms with Crippen LogP contribution in [0.15, 0.2) is 127 Å². The largest absolute Gasteiger partial charge is 0.295 e. The fourth-order valence-electron chi connectivity index (χ4n) is 6.89. The number of thiophene rings is 1. The van der Waals surface area contributed by atoms with E-state index >= 15 is 0 Å². The number of hydrogen-bond donors (Lipinski definition) is 0. The van der Waals surface area contributed by atoms with Crippen LogP contribution in [0.25, 0.3) is 80.1 Å². The first-order valence-corrected chi connectivity index (χ1v) is 15.2. The molecule has 0 aliphatic carbocycles. The first kappa shape index (κ1) is 23.7. The Morgan fingerprint density at radius 3 is 2.07 bits per heavy atom. The average Bonchev–Trinajstić information content (AvgIpc) is 3.54. The van der Waals surface area contributed by atoms with E-state index in [1.807, 2.05) is 11.3 Å². The van der Waals surface area contributed by atoms with Crippen LogP contribution in [0.5, 0.6) is 0 Å². The maximum absolute atomic E-state index is 2.45. The Labute approximate surface area is 246 Å². The molecule has 8 bridgehead atoms. The summed E-state index contributed by atoms with van der Waals surface area (Å²) in [6.07, 6.45) is 0.